The Kier molecular flexibility index (Phi) is 6.78. The van der Waals surface area contributed by atoms with Crippen LogP contribution >= 0.6 is 0 Å². The number of para-hydroxylation sites is 1. The minimum atomic E-state index is 0.603. The molecule has 0 saturated heterocycles. The maximum atomic E-state index is 6.25. The quantitative estimate of drug-likeness (QED) is 0.186. The third-order valence-corrected chi connectivity index (χ3v) is 9.73. The highest BCUT2D eigenvalue weighted by Gasteiger charge is 2.19. The van der Waals surface area contributed by atoms with Crippen LogP contribution in [-0.4, -0.2) is 15.0 Å². The van der Waals surface area contributed by atoms with Gasteiger partial charge in [0.05, 0.1) is 0 Å². The van der Waals surface area contributed by atoms with Crippen molar-refractivity contribution in [3.63, 3.8) is 0 Å². The Hall–Kier alpha value is -6.91. The van der Waals surface area contributed by atoms with Gasteiger partial charge in [0.2, 0.25) is 0 Å². The Bertz CT molecular complexity index is 2910. The third kappa shape index (κ3) is 4.96. The molecule has 4 heteroatoms. The van der Waals surface area contributed by atoms with Gasteiger partial charge in [-0.25, -0.2) is 15.0 Å². The molecule has 4 nitrogen and oxygen atoms in total. The van der Waals surface area contributed by atoms with Gasteiger partial charge in [-0.1, -0.05) is 152 Å². The van der Waals surface area contributed by atoms with Crippen molar-refractivity contribution in [3.05, 3.63) is 176 Å². The number of hydrogen-bond acceptors (Lipinski definition) is 4. The van der Waals surface area contributed by atoms with Crippen molar-refractivity contribution in [2.24, 2.45) is 0 Å². The second kappa shape index (κ2) is 11.9. The topological polar surface area (TPSA) is 51.8 Å². The van der Waals surface area contributed by atoms with Gasteiger partial charge >= 0.3 is 0 Å². The molecule has 10 rings (SSSR count). The van der Waals surface area contributed by atoms with Crippen LogP contribution in [0, 0.1) is 0 Å². The second-order valence-electron chi connectivity index (χ2n) is 12.8. The number of fused-ring (bicyclic) bond motifs is 5. The number of nitrogens with zero attached hydrogens (tertiary/aromatic N) is 3. The van der Waals surface area contributed by atoms with E-state index in [2.05, 4.69) is 115 Å². The summed E-state index contributed by atoms with van der Waals surface area (Å²) >= 11 is 0. The van der Waals surface area contributed by atoms with Gasteiger partial charge in [-0.15, -0.1) is 0 Å². The summed E-state index contributed by atoms with van der Waals surface area (Å²) in [6, 6.07) is 61.1. The zero-order chi connectivity index (χ0) is 33.7. The number of aromatic nitrogens is 3. The van der Waals surface area contributed by atoms with Crippen LogP contribution in [-0.2, 0) is 0 Å². The Morgan fingerprint density at radius 1 is 0.314 bits per heavy atom. The van der Waals surface area contributed by atoms with Crippen molar-refractivity contribution in [2.45, 2.75) is 0 Å². The lowest BCUT2D eigenvalue weighted by Gasteiger charge is -2.15. The van der Waals surface area contributed by atoms with Gasteiger partial charge in [-0.05, 0) is 68.1 Å². The molecule has 0 unspecified atom stereocenters. The number of furan rings is 1. The smallest absolute Gasteiger partial charge is 0.164 e. The maximum absolute atomic E-state index is 6.25. The summed E-state index contributed by atoms with van der Waals surface area (Å²) in [5.74, 6) is 1.84. The summed E-state index contributed by atoms with van der Waals surface area (Å²) in [6.45, 7) is 0. The Labute approximate surface area is 294 Å². The lowest BCUT2D eigenvalue weighted by Crippen LogP contribution is -2.01. The molecule has 0 aliphatic rings. The summed E-state index contributed by atoms with van der Waals surface area (Å²) in [7, 11) is 0. The number of rotatable bonds is 5. The first-order chi connectivity index (χ1) is 25.3. The summed E-state index contributed by atoms with van der Waals surface area (Å²) in [6.07, 6.45) is 0. The monoisotopic (exact) mass is 651 g/mol. The lowest BCUT2D eigenvalue weighted by molar-refractivity contribution is 0.669. The molecule has 51 heavy (non-hydrogen) atoms. The molecule has 2 heterocycles. The van der Waals surface area contributed by atoms with E-state index >= 15 is 0 Å². The van der Waals surface area contributed by atoms with Crippen LogP contribution in [0.4, 0.5) is 0 Å². The van der Waals surface area contributed by atoms with Crippen LogP contribution in [0.2, 0.25) is 0 Å². The minimum Gasteiger partial charge on any atom is -0.456 e. The summed E-state index contributed by atoms with van der Waals surface area (Å²) in [4.78, 5) is 15.5. The van der Waals surface area contributed by atoms with Crippen LogP contribution in [0.1, 0.15) is 0 Å². The van der Waals surface area contributed by atoms with E-state index in [4.69, 9.17) is 19.4 Å². The standard InChI is InChI=1S/C47H29N3O/c1-3-14-30(15-4-1)33-28-32-18-7-8-19-34(32)41(29-33)37-23-11-22-36-35(37)21-12-24-38(36)46-48-45(31-16-5-2-6-17-31)49-47(50-46)40-25-13-27-43-44(40)39-20-9-10-26-42(39)51-43/h1-29H. The highest BCUT2D eigenvalue weighted by Crippen LogP contribution is 2.41. The van der Waals surface area contributed by atoms with Crippen molar-refractivity contribution >= 4 is 43.5 Å². The molecule has 0 aliphatic carbocycles. The van der Waals surface area contributed by atoms with Crippen molar-refractivity contribution in [1.29, 1.82) is 0 Å². The molecule has 0 N–H and O–H groups in total. The van der Waals surface area contributed by atoms with Gasteiger partial charge in [0, 0.05) is 27.5 Å². The van der Waals surface area contributed by atoms with E-state index in [1.165, 1.54) is 27.5 Å². The SMILES string of the molecule is c1ccc(-c2cc(-c3cccc4c(-c5nc(-c6ccccc6)nc(-c6cccc7oc8ccccc8c67)n5)cccc34)c3ccccc3c2)cc1. The Morgan fingerprint density at radius 3 is 1.67 bits per heavy atom. The first-order valence-corrected chi connectivity index (χ1v) is 17.1. The maximum Gasteiger partial charge on any atom is 0.164 e. The molecule has 0 bridgehead atoms. The molecular weight excluding hydrogens is 623 g/mol. The molecule has 2 aromatic heterocycles. The van der Waals surface area contributed by atoms with Crippen molar-refractivity contribution in [3.8, 4) is 56.4 Å². The largest absolute Gasteiger partial charge is 0.456 e. The second-order valence-corrected chi connectivity index (χ2v) is 12.8. The molecular formula is C47H29N3O. The zero-order valence-electron chi connectivity index (χ0n) is 27.5. The highest BCUT2D eigenvalue weighted by molar-refractivity contribution is 6.12. The molecule has 0 radical (unpaired) electrons. The molecule has 0 amide bonds. The molecule has 8 aromatic carbocycles. The highest BCUT2D eigenvalue weighted by atomic mass is 16.3. The minimum absolute atomic E-state index is 0.603. The van der Waals surface area contributed by atoms with Crippen molar-refractivity contribution < 1.29 is 4.42 Å². The van der Waals surface area contributed by atoms with E-state index in [1.54, 1.807) is 0 Å². The summed E-state index contributed by atoms with van der Waals surface area (Å²) in [5, 5.41) is 6.66. The van der Waals surface area contributed by atoms with E-state index in [9.17, 15) is 0 Å². The number of benzene rings is 8. The van der Waals surface area contributed by atoms with Gasteiger partial charge < -0.3 is 4.42 Å². The number of hydrogen-bond donors (Lipinski definition) is 0. The summed E-state index contributed by atoms with van der Waals surface area (Å²) in [5.41, 5.74) is 9.15. The fourth-order valence-electron chi connectivity index (χ4n) is 7.36. The molecule has 0 spiro atoms. The summed E-state index contributed by atoms with van der Waals surface area (Å²) < 4.78 is 6.25. The predicted octanol–water partition coefficient (Wildman–Crippen LogP) is 12.4. The van der Waals surface area contributed by atoms with Gasteiger partial charge in [0.25, 0.3) is 0 Å². The zero-order valence-corrected chi connectivity index (χ0v) is 27.5. The third-order valence-electron chi connectivity index (χ3n) is 9.73. The van der Waals surface area contributed by atoms with Crippen LogP contribution in [0.3, 0.4) is 0 Å². The molecule has 10 aromatic rings. The van der Waals surface area contributed by atoms with E-state index < -0.39 is 0 Å². The average molecular weight is 652 g/mol. The lowest BCUT2D eigenvalue weighted by atomic mass is 9.89. The van der Waals surface area contributed by atoms with Crippen LogP contribution in [0.15, 0.2) is 180 Å². The predicted molar refractivity (Wildman–Crippen MR) is 209 cm³/mol. The molecule has 238 valence electrons. The van der Waals surface area contributed by atoms with E-state index in [0.717, 1.165) is 55.0 Å². The van der Waals surface area contributed by atoms with Gasteiger partial charge in [0.15, 0.2) is 17.5 Å². The molecule has 0 aliphatic heterocycles. The van der Waals surface area contributed by atoms with Crippen LogP contribution in [0.25, 0.3) is 99.9 Å². The van der Waals surface area contributed by atoms with Crippen LogP contribution < -0.4 is 0 Å². The first-order valence-electron chi connectivity index (χ1n) is 17.1. The van der Waals surface area contributed by atoms with E-state index in [1.807, 2.05) is 60.7 Å². The van der Waals surface area contributed by atoms with Crippen molar-refractivity contribution in [2.75, 3.05) is 0 Å². The molecule has 0 fully saturated rings. The van der Waals surface area contributed by atoms with Gasteiger partial charge in [-0.2, -0.15) is 0 Å². The van der Waals surface area contributed by atoms with Crippen molar-refractivity contribution in [1.82, 2.24) is 15.0 Å². The van der Waals surface area contributed by atoms with E-state index in [-0.39, 0.29) is 0 Å². The fourth-order valence-corrected chi connectivity index (χ4v) is 7.36. The van der Waals surface area contributed by atoms with Gasteiger partial charge in [-0.3, -0.25) is 0 Å². The van der Waals surface area contributed by atoms with Gasteiger partial charge in [0.1, 0.15) is 11.2 Å². The van der Waals surface area contributed by atoms with E-state index in [0.29, 0.717) is 17.5 Å². The molecule has 0 atom stereocenters. The fraction of sp³-hybridized carbons (Fsp3) is 0. The Morgan fingerprint density at radius 2 is 0.863 bits per heavy atom. The first kappa shape index (κ1) is 29.0. The van der Waals surface area contributed by atoms with Crippen LogP contribution in [0.5, 0.6) is 0 Å². The Balaban J connectivity index is 1.21. The average Bonchev–Trinajstić information content (AvgIpc) is 3.59. The molecule has 0 saturated carbocycles. The normalized spacial score (nSPS) is 11.5.